The van der Waals surface area contributed by atoms with Gasteiger partial charge < -0.3 is 9.84 Å². The second-order valence-electron chi connectivity index (χ2n) is 4.22. The van der Waals surface area contributed by atoms with Crippen LogP contribution in [0.4, 0.5) is 0 Å². The van der Waals surface area contributed by atoms with Crippen molar-refractivity contribution < 1.29 is 9.84 Å². The molecule has 1 aromatic heterocycles. The molecule has 0 saturated heterocycles. The average Bonchev–Trinajstić information content (AvgIpc) is 2.29. The number of nitrogens with zero attached hydrogens (tertiary/aromatic N) is 2. The van der Waals surface area contributed by atoms with Crippen molar-refractivity contribution in [1.82, 2.24) is 4.98 Å². The molecule has 2 rings (SSSR count). The van der Waals surface area contributed by atoms with E-state index in [-0.39, 0.29) is 0 Å². The standard InChI is InChI=1S/C13H16N2O2/c1-3-17-13-10(7-14)9-5-4-6-11(16)12(9)8(2)15-13/h11,16H,3-6H2,1-2H3. The fraction of sp³-hybridized carbons (Fsp3) is 0.538. The molecule has 4 heteroatoms. The molecule has 17 heavy (non-hydrogen) atoms. The number of aromatic nitrogens is 1. The Morgan fingerprint density at radius 3 is 3.00 bits per heavy atom. The van der Waals surface area contributed by atoms with E-state index in [1.165, 1.54) is 0 Å². The smallest absolute Gasteiger partial charge is 0.232 e. The minimum Gasteiger partial charge on any atom is -0.477 e. The highest BCUT2D eigenvalue weighted by molar-refractivity contribution is 5.52. The van der Waals surface area contributed by atoms with E-state index in [2.05, 4.69) is 11.1 Å². The Kier molecular flexibility index (Phi) is 3.30. The fourth-order valence-electron chi connectivity index (χ4n) is 2.43. The molecule has 1 N–H and O–H groups in total. The van der Waals surface area contributed by atoms with Crippen molar-refractivity contribution in [2.45, 2.75) is 39.2 Å². The lowest BCUT2D eigenvalue weighted by Gasteiger charge is -2.24. The van der Waals surface area contributed by atoms with Gasteiger partial charge in [0, 0.05) is 11.3 Å². The third kappa shape index (κ3) is 1.98. The van der Waals surface area contributed by atoms with Gasteiger partial charge in [-0.05, 0) is 38.7 Å². The first-order valence-electron chi connectivity index (χ1n) is 5.93. The molecular weight excluding hydrogens is 216 g/mol. The van der Waals surface area contributed by atoms with E-state index in [9.17, 15) is 10.4 Å². The molecule has 1 aromatic rings. The molecule has 0 aromatic carbocycles. The summed E-state index contributed by atoms with van der Waals surface area (Å²) in [5.74, 6) is 0.403. The van der Waals surface area contributed by atoms with Gasteiger partial charge in [-0.2, -0.15) is 5.26 Å². The van der Waals surface area contributed by atoms with Gasteiger partial charge in [0.1, 0.15) is 11.6 Å². The summed E-state index contributed by atoms with van der Waals surface area (Å²) in [5, 5.41) is 19.2. The van der Waals surface area contributed by atoms with Crippen LogP contribution in [0.1, 0.15) is 48.3 Å². The van der Waals surface area contributed by atoms with E-state index in [1.807, 2.05) is 13.8 Å². The molecule has 0 saturated carbocycles. The molecule has 1 unspecified atom stereocenters. The Balaban J connectivity index is 2.63. The van der Waals surface area contributed by atoms with E-state index >= 15 is 0 Å². The SMILES string of the molecule is CCOc1nc(C)c2c(c1C#N)CCCC2O. The highest BCUT2D eigenvalue weighted by Gasteiger charge is 2.26. The second-order valence-corrected chi connectivity index (χ2v) is 4.22. The van der Waals surface area contributed by atoms with Gasteiger partial charge in [-0.3, -0.25) is 0 Å². The van der Waals surface area contributed by atoms with Crippen molar-refractivity contribution in [2.24, 2.45) is 0 Å². The van der Waals surface area contributed by atoms with Gasteiger partial charge in [0.25, 0.3) is 0 Å². The molecule has 1 aliphatic carbocycles. The van der Waals surface area contributed by atoms with Crippen molar-refractivity contribution >= 4 is 0 Å². The van der Waals surface area contributed by atoms with Crippen LogP contribution in [0, 0.1) is 18.3 Å². The summed E-state index contributed by atoms with van der Waals surface area (Å²) in [7, 11) is 0. The monoisotopic (exact) mass is 232 g/mol. The van der Waals surface area contributed by atoms with Crippen molar-refractivity contribution in [1.29, 1.82) is 5.26 Å². The van der Waals surface area contributed by atoms with Crippen LogP contribution < -0.4 is 4.74 Å². The van der Waals surface area contributed by atoms with Crippen molar-refractivity contribution in [3.8, 4) is 11.9 Å². The van der Waals surface area contributed by atoms with Crippen LogP contribution in [0.3, 0.4) is 0 Å². The van der Waals surface area contributed by atoms with Crippen molar-refractivity contribution in [3.63, 3.8) is 0 Å². The quantitative estimate of drug-likeness (QED) is 0.847. The number of ether oxygens (including phenoxy) is 1. The summed E-state index contributed by atoms with van der Waals surface area (Å²) >= 11 is 0. The van der Waals surface area contributed by atoms with Crippen LogP contribution >= 0.6 is 0 Å². The third-order valence-electron chi connectivity index (χ3n) is 3.13. The summed E-state index contributed by atoms with van der Waals surface area (Å²) in [6.45, 7) is 4.21. The molecule has 1 atom stereocenters. The van der Waals surface area contributed by atoms with Crippen LogP contribution in [0.25, 0.3) is 0 Å². The normalized spacial score (nSPS) is 18.4. The van der Waals surface area contributed by atoms with Gasteiger partial charge in [0.2, 0.25) is 5.88 Å². The topological polar surface area (TPSA) is 66.1 Å². The Bertz CT molecular complexity index is 477. The zero-order chi connectivity index (χ0) is 12.4. The number of aliphatic hydroxyl groups is 1. The first kappa shape index (κ1) is 11.9. The molecule has 0 bridgehead atoms. The van der Waals surface area contributed by atoms with Crippen LogP contribution in [0.5, 0.6) is 5.88 Å². The summed E-state index contributed by atoms with van der Waals surface area (Å²) in [5.41, 5.74) is 3.01. The summed E-state index contributed by atoms with van der Waals surface area (Å²) in [6.07, 6.45) is 1.97. The lowest BCUT2D eigenvalue weighted by atomic mass is 9.86. The van der Waals surface area contributed by atoms with Gasteiger partial charge in [0.05, 0.1) is 12.7 Å². The number of pyridine rings is 1. The predicted octanol–water partition coefficient (Wildman–Crippen LogP) is 2.03. The van der Waals surface area contributed by atoms with Crippen molar-refractivity contribution in [3.05, 3.63) is 22.4 Å². The number of fused-ring (bicyclic) bond motifs is 1. The van der Waals surface area contributed by atoms with E-state index in [4.69, 9.17) is 4.74 Å². The Hall–Kier alpha value is -1.60. The average molecular weight is 232 g/mol. The van der Waals surface area contributed by atoms with E-state index in [1.54, 1.807) is 0 Å². The zero-order valence-electron chi connectivity index (χ0n) is 10.2. The Morgan fingerprint density at radius 2 is 2.35 bits per heavy atom. The molecule has 0 spiro atoms. The first-order chi connectivity index (χ1) is 8.19. The predicted molar refractivity (Wildman–Crippen MR) is 62.8 cm³/mol. The molecule has 0 amide bonds. The maximum atomic E-state index is 9.99. The first-order valence-corrected chi connectivity index (χ1v) is 5.93. The summed E-state index contributed by atoms with van der Waals surface area (Å²) in [6, 6.07) is 2.16. The third-order valence-corrected chi connectivity index (χ3v) is 3.13. The van der Waals surface area contributed by atoms with E-state index in [0.717, 1.165) is 36.1 Å². The number of hydrogen-bond acceptors (Lipinski definition) is 4. The highest BCUT2D eigenvalue weighted by Crippen LogP contribution is 2.36. The summed E-state index contributed by atoms with van der Waals surface area (Å²) < 4.78 is 5.39. The van der Waals surface area contributed by atoms with Crippen LogP contribution in [0.2, 0.25) is 0 Å². The largest absolute Gasteiger partial charge is 0.477 e. The molecule has 0 radical (unpaired) electrons. The van der Waals surface area contributed by atoms with Crippen LogP contribution in [0.15, 0.2) is 0 Å². The van der Waals surface area contributed by atoms with Gasteiger partial charge >= 0.3 is 0 Å². The number of nitriles is 1. The summed E-state index contributed by atoms with van der Waals surface area (Å²) in [4.78, 5) is 4.29. The number of aryl methyl sites for hydroxylation is 1. The lowest BCUT2D eigenvalue weighted by molar-refractivity contribution is 0.154. The molecule has 0 aliphatic heterocycles. The maximum Gasteiger partial charge on any atom is 0.232 e. The molecule has 1 aliphatic rings. The minimum absolute atomic E-state index is 0.403. The number of hydrogen-bond donors (Lipinski definition) is 1. The second kappa shape index (κ2) is 4.72. The van der Waals surface area contributed by atoms with E-state index < -0.39 is 6.10 Å². The van der Waals surface area contributed by atoms with Crippen LogP contribution in [-0.2, 0) is 6.42 Å². The fourth-order valence-corrected chi connectivity index (χ4v) is 2.43. The maximum absolute atomic E-state index is 9.99. The Morgan fingerprint density at radius 1 is 1.59 bits per heavy atom. The molecular formula is C13H16N2O2. The Labute approximate surface area is 101 Å². The zero-order valence-corrected chi connectivity index (χ0v) is 10.2. The number of rotatable bonds is 2. The van der Waals surface area contributed by atoms with Gasteiger partial charge in [0.15, 0.2) is 0 Å². The molecule has 0 fully saturated rings. The lowest BCUT2D eigenvalue weighted by Crippen LogP contribution is -2.15. The van der Waals surface area contributed by atoms with Crippen LogP contribution in [-0.4, -0.2) is 16.7 Å². The molecule has 4 nitrogen and oxygen atoms in total. The van der Waals surface area contributed by atoms with E-state index in [0.29, 0.717) is 18.1 Å². The molecule has 1 heterocycles. The van der Waals surface area contributed by atoms with Crippen molar-refractivity contribution in [2.75, 3.05) is 6.61 Å². The highest BCUT2D eigenvalue weighted by atomic mass is 16.5. The minimum atomic E-state index is -0.492. The van der Waals surface area contributed by atoms with Gasteiger partial charge in [-0.15, -0.1) is 0 Å². The number of aliphatic hydroxyl groups excluding tert-OH is 1. The van der Waals surface area contributed by atoms with Gasteiger partial charge in [-0.1, -0.05) is 0 Å². The van der Waals surface area contributed by atoms with Gasteiger partial charge in [-0.25, -0.2) is 4.98 Å². The molecule has 90 valence electrons.